The molecule has 2 N–H and O–H groups in total. The lowest BCUT2D eigenvalue weighted by Crippen LogP contribution is -2.44. The molecule has 0 atom stereocenters. The Kier molecular flexibility index (Phi) is 3.87. The second-order valence-corrected chi connectivity index (χ2v) is 7.24. The summed E-state index contributed by atoms with van der Waals surface area (Å²) in [6.45, 7) is 1.35. The number of rotatable bonds is 3. The number of H-pyrrole nitrogens is 1. The van der Waals surface area contributed by atoms with Crippen LogP contribution in [0.1, 0.15) is 18.7 Å². The third kappa shape index (κ3) is 2.73. The van der Waals surface area contributed by atoms with Gasteiger partial charge in [0.25, 0.3) is 0 Å². The van der Waals surface area contributed by atoms with Gasteiger partial charge in [-0.15, -0.1) is 0 Å². The Labute approximate surface area is 161 Å². The van der Waals surface area contributed by atoms with Crippen molar-refractivity contribution < 1.29 is 5.11 Å². The van der Waals surface area contributed by atoms with Gasteiger partial charge >= 0.3 is 0 Å². The van der Waals surface area contributed by atoms with E-state index in [1.165, 1.54) is 6.33 Å². The summed E-state index contributed by atoms with van der Waals surface area (Å²) in [7, 11) is 1.94. The van der Waals surface area contributed by atoms with Crippen LogP contribution in [-0.4, -0.2) is 47.7 Å². The number of aromatic nitrogens is 6. The monoisotopic (exact) mass is 375 g/mol. The molecular weight excluding hydrogens is 354 g/mol. The zero-order valence-corrected chi connectivity index (χ0v) is 15.6. The number of benzene rings is 1. The predicted octanol–water partition coefficient (Wildman–Crippen LogP) is 2.24. The summed E-state index contributed by atoms with van der Waals surface area (Å²) in [6.07, 6.45) is 6.29. The van der Waals surface area contributed by atoms with Crippen molar-refractivity contribution in [2.75, 3.05) is 18.0 Å². The van der Waals surface area contributed by atoms with E-state index in [1.807, 2.05) is 48.1 Å². The highest BCUT2D eigenvalue weighted by Crippen LogP contribution is 2.35. The van der Waals surface area contributed by atoms with Crippen molar-refractivity contribution in [2.45, 2.75) is 18.4 Å². The van der Waals surface area contributed by atoms with Crippen LogP contribution in [0.15, 0.2) is 49.2 Å². The van der Waals surface area contributed by atoms with Crippen molar-refractivity contribution in [1.29, 1.82) is 0 Å². The first-order chi connectivity index (χ1) is 13.6. The topological polar surface area (TPSA) is 95.8 Å². The van der Waals surface area contributed by atoms with E-state index in [2.05, 4.69) is 24.8 Å². The maximum Gasteiger partial charge on any atom is 0.182 e. The predicted molar refractivity (Wildman–Crippen MR) is 106 cm³/mol. The first kappa shape index (κ1) is 16.9. The first-order valence-electron chi connectivity index (χ1n) is 9.35. The fourth-order valence-electron chi connectivity index (χ4n) is 3.95. The lowest BCUT2D eigenvalue weighted by atomic mass is 9.90. The Balaban J connectivity index is 1.40. The number of aliphatic hydroxyl groups is 1. The summed E-state index contributed by atoms with van der Waals surface area (Å²) in [6, 6.07) is 10.0. The van der Waals surface area contributed by atoms with Crippen molar-refractivity contribution in [3.8, 4) is 11.3 Å². The van der Waals surface area contributed by atoms with Crippen LogP contribution < -0.4 is 4.90 Å². The van der Waals surface area contributed by atoms with E-state index < -0.39 is 5.60 Å². The molecule has 1 aliphatic heterocycles. The second-order valence-electron chi connectivity index (χ2n) is 7.24. The maximum absolute atomic E-state index is 11.4. The normalized spacial score (nSPS) is 16.6. The molecule has 5 rings (SSSR count). The van der Waals surface area contributed by atoms with Gasteiger partial charge in [0, 0.05) is 44.7 Å². The van der Waals surface area contributed by atoms with Gasteiger partial charge in [-0.25, -0.2) is 19.9 Å². The fraction of sp³-hybridized carbons (Fsp3) is 0.300. The summed E-state index contributed by atoms with van der Waals surface area (Å²) >= 11 is 0. The lowest BCUT2D eigenvalue weighted by Gasteiger charge is -2.38. The van der Waals surface area contributed by atoms with Crippen molar-refractivity contribution in [1.82, 2.24) is 29.5 Å². The number of fused-ring (bicyclic) bond motifs is 1. The molecule has 0 bridgehead atoms. The molecular formula is C20H21N7O. The maximum atomic E-state index is 11.4. The minimum atomic E-state index is -0.960. The average molecular weight is 375 g/mol. The highest BCUT2D eigenvalue weighted by Gasteiger charge is 2.38. The van der Waals surface area contributed by atoms with E-state index in [9.17, 15) is 5.11 Å². The van der Waals surface area contributed by atoms with Crippen LogP contribution in [-0.2, 0) is 12.6 Å². The average Bonchev–Trinajstić information content (AvgIpc) is 3.36. The molecule has 1 aromatic carbocycles. The van der Waals surface area contributed by atoms with Crippen molar-refractivity contribution in [3.05, 3.63) is 55.0 Å². The fourth-order valence-corrected chi connectivity index (χ4v) is 3.95. The molecule has 0 unspecified atom stereocenters. The van der Waals surface area contributed by atoms with Crippen LogP contribution >= 0.6 is 0 Å². The summed E-state index contributed by atoms with van der Waals surface area (Å²) in [4.78, 5) is 22.8. The van der Waals surface area contributed by atoms with Gasteiger partial charge < -0.3 is 19.6 Å². The summed E-state index contributed by atoms with van der Waals surface area (Å²) < 4.78 is 1.94. The van der Waals surface area contributed by atoms with Gasteiger partial charge in [-0.2, -0.15) is 0 Å². The van der Waals surface area contributed by atoms with E-state index in [0.717, 1.165) is 22.6 Å². The van der Waals surface area contributed by atoms with Crippen LogP contribution in [0.25, 0.3) is 22.4 Å². The number of nitrogens with one attached hydrogen (secondary N) is 1. The summed E-state index contributed by atoms with van der Waals surface area (Å²) in [5.41, 5.74) is 2.45. The van der Waals surface area contributed by atoms with Crippen molar-refractivity contribution in [3.63, 3.8) is 0 Å². The highest BCUT2D eigenvalue weighted by atomic mass is 16.3. The van der Waals surface area contributed by atoms with E-state index in [-0.39, 0.29) is 0 Å². The molecule has 4 heterocycles. The van der Waals surface area contributed by atoms with Crippen LogP contribution in [0, 0.1) is 0 Å². The number of hydrogen-bond acceptors (Lipinski definition) is 6. The molecule has 4 aromatic rings. The van der Waals surface area contributed by atoms with Crippen molar-refractivity contribution >= 4 is 17.0 Å². The quantitative estimate of drug-likeness (QED) is 0.570. The zero-order valence-electron chi connectivity index (χ0n) is 15.6. The molecule has 0 radical (unpaired) electrons. The zero-order chi connectivity index (χ0) is 19.1. The SMILES string of the molecule is Cn1cc(-c2ccccc2)nc1C1(O)CCN(c2ncnc3nc[nH]c23)CC1. The van der Waals surface area contributed by atoms with Crippen LogP contribution in [0.4, 0.5) is 5.82 Å². The molecule has 0 spiro atoms. The molecule has 0 saturated carbocycles. The van der Waals surface area contributed by atoms with Gasteiger partial charge in [0.2, 0.25) is 0 Å². The van der Waals surface area contributed by atoms with Gasteiger partial charge in [0.1, 0.15) is 23.3 Å². The largest absolute Gasteiger partial charge is 0.382 e. The Hall–Kier alpha value is -3.26. The molecule has 0 amide bonds. The van der Waals surface area contributed by atoms with E-state index in [0.29, 0.717) is 37.4 Å². The molecule has 1 saturated heterocycles. The number of piperidine rings is 1. The second kappa shape index (κ2) is 6.42. The molecule has 28 heavy (non-hydrogen) atoms. The summed E-state index contributed by atoms with van der Waals surface area (Å²) in [5, 5.41) is 11.4. The molecule has 3 aromatic heterocycles. The molecule has 1 aliphatic rings. The van der Waals surface area contributed by atoms with Crippen molar-refractivity contribution in [2.24, 2.45) is 7.05 Å². The number of aryl methyl sites for hydroxylation is 1. The molecule has 8 nitrogen and oxygen atoms in total. The highest BCUT2D eigenvalue weighted by molar-refractivity contribution is 5.82. The third-order valence-corrected chi connectivity index (χ3v) is 5.46. The first-order valence-corrected chi connectivity index (χ1v) is 9.35. The Morgan fingerprint density at radius 3 is 2.64 bits per heavy atom. The number of anilines is 1. The van der Waals surface area contributed by atoms with E-state index in [1.54, 1.807) is 6.33 Å². The number of hydrogen-bond donors (Lipinski definition) is 2. The molecule has 142 valence electrons. The Morgan fingerprint density at radius 1 is 1.07 bits per heavy atom. The molecule has 1 fully saturated rings. The standard InChI is InChI=1S/C20H21N7O/c1-26-11-15(14-5-3-2-4-6-14)25-19(26)20(28)7-9-27(10-8-20)18-16-17(22-12-21-16)23-13-24-18/h2-6,11-13,28H,7-10H2,1H3,(H,21,22,23,24). The molecule has 8 heteroatoms. The van der Waals surface area contributed by atoms with Gasteiger partial charge in [-0.05, 0) is 0 Å². The van der Waals surface area contributed by atoms with E-state index in [4.69, 9.17) is 4.98 Å². The third-order valence-electron chi connectivity index (χ3n) is 5.46. The van der Waals surface area contributed by atoms with Crippen LogP contribution in [0.5, 0.6) is 0 Å². The minimum absolute atomic E-state index is 0.575. The smallest absolute Gasteiger partial charge is 0.182 e. The van der Waals surface area contributed by atoms with E-state index >= 15 is 0 Å². The van der Waals surface area contributed by atoms with Crippen LogP contribution in [0.3, 0.4) is 0 Å². The number of aromatic amines is 1. The number of imidazole rings is 2. The lowest BCUT2D eigenvalue weighted by molar-refractivity contribution is 0.000751. The van der Waals surface area contributed by atoms with Gasteiger partial charge in [0.05, 0.1) is 12.0 Å². The van der Waals surface area contributed by atoms with Gasteiger partial charge in [-0.1, -0.05) is 30.3 Å². The van der Waals surface area contributed by atoms with Gasteiger partial charge in [-0.3, -0.25) is 0 Å². The minimum Gasteiger partial charge on any atom is -0.382 e. The Morgan fingerprint density at radius 2 is 1.86 bits per heavy atom. The van der Waals surface area contributed by atoms with Gasteiger partial charge in [0.15, 0.2) is 11.5 Å². The number of nitrogens with zero attached hydrogens (tertiary/aromatic N) is 6. The summed E-state index contributed by atoms with van der Waals surface area (Å²) in [5.74, 6) is 1.54. The Bertz CT molecular complexity index is 1110. The van der Waals surface area contributed by atoms with Crippen LogP contribution in [0.2, 0.25) is 0 Å². The molecule has 0 aliphatic carbocycles.